The Kier molecular flexibility index (Phi) is 36.8. The van der Waals surface area contributed by atoms with Gasteiger partial charge in [0, 0.05) is 107 Å². The Hall–Kier alpha value is -13.8. The van der Waals surface area contributed by atoms with E-state index in [0.29, 0.717) is 39.2 Å². The lowest BCUT2D eigenvalue weighted by atomic mass is 9.95. The van der Waals surface area contributed by atoms with Gasteiger partial charge in [0.15, 0.2) is 11.9 Å². The summed E-state index contributed by atoms with van der Waals surface area (Å²) in [4.78, 5) is 225. The number of nitrogens with two attached hydrogens (primary N) is 3. The zero-order chi connectivity index (χ0) is 89.1. The van der Waals surface area contributed by atoms with E-state index in [1.807, 2.05) is 24.3 Å². The zero-order valence-corrected chi connectivity index (χ0v) is 69.3. The van der Waals surface area contributed by atoms with E-state index < -0.39 is 198 Å². The summed E-state index contributed by atoms with van der Waals surface area (Å²) in [5.74, 6) is -15.7. The quantitative estimate of drug-likeness (QED) is 0.0138. The smallest absolute Gasteiger partial charge is 0.245 e. The van der Waals surface area contributed by atoms with E-state index in [4.69, 9.17) is 28.0 Å². The van der Waals surface area contributed by atoms with Crippen molar-refractivity contribution in [3.05, 3.63) is 174 Å². The van der Waals surface area contributed by atoms with Gasteiger partial charge in [-0.05, 0) is 59.1 Å². The van der Waals surface area contributed by atoms with Crippen molar-refractivity contribution in [1.82, 2.24) is 109 Å². The number of hydrogen-bond acceptors (Lipinski definition) is 21. The molecule has 4 heterocycles. The van der Waals surface area contributed by atoms with Crippen LogP contribution in [-0.2, 0) is 113 Å². The summed E-state index contributed by atoms with van der Waals surface area (Å²) in [5, 5.41) is 64.9. The number of likely N-dealkylation sites (N-methyl/N-ethyl adjacent to an activating group) is 1. The lowest BCUT2D eigenvalue weighted by Crippen LogP contribution is -2.61. The maximum Gasteiger partial charge on any atom is 0.245 e. The molecule has 0 bridgehead atoms. The highest BCUT2D eigenvalue weighted by atomic mass is 32.2. The average molecular weight is 1720 g/mol. The second-order valence-corrected chi connectivity index (χ2v) is 30.6. The highest BCUT2D eigenvalue weighted by Crippen LogP contribution is 2.22. The number of rotatable bonds is 26. The number of nitrogens with zero attached hydrogens (tertiary/aromatic N) is 5. The predicted molar refractivity (Wildman–Crippen MR) is 453 cm³/mol. The lowest BCUT2D eigenvalue weighted by Gasteiger charge is -2.33. The van der Waals surface area contributed by atoms with Crippen LogP contribution in [0.5, 0.6) is 0 Å². The summed E-state index contributed by atoms with van der Waals surface area (Å²) >= 11 is 0.810. The number of aryl methyl sites for hydroxylation is 1. The molecule has 1 aliphatic heterocycles. The molecular weight excluding hydrogens is 1610 g/mol. The van der Waals surface area contributed by atoms with Crippen LogP contribution in [0, 0.1) is 16.7 Å². The molecule has 12 atom stereocenters. The number of thioether (sulfide) groups is 1. The number of aromatic amines is 2. The van der Waals surface area contributed by atoms with Crippen LogP contribution in [0.3, 0.4) is 0 Å². The van der Waals surface area contributed by atoms with Gasteiger partial charge in [-0.3, -0.25) is 77.9 Å². The molecule has 1 aliphatic rings. The van der Waals surface area contributed by atoms with Gasteiger partial charge >= 0.3 is 0 Å². The van der Waals surface area contributed by atoms with Gasteiger partial charge in [0.2, 0.25) is 82.7 Å². The van der Waals surface area contributed by atoms with E-state index in [1.54, 1.807) is 104 Å². The monoisotopic (exact) mass is 1720 g/mol. The summed E-state index contributed by atoms with van der Waals surface area (Å²) in [6.45, 7) is 0.736. The molecule has 8 rings (SSSR count). The van der Waals surface area contributed by atoms with Crippen molar-refractivity contribution in [2.75, 3.05) is 51.3 Å². The van der Waals surface area contributed by atoms with Crippen LogP contribution < -0.4 is 91.6 Å². The van der Waals surface area contributed by atoms with Gasteiger partial charge in [0.05, 0.1) is 44.4 Å². The lowest BCUT2D eigenvalue weighted by molar-refractivity contribution is -0.143. The fourth-order valence-electron chi connectivity index (χ4n) is 13.4. The summed E-state index contributed by atoms with van der Waals surface area (Å²) in [7, 11) is 2.87. The Balaban J connectivity index is 1.20. The number of guanidine groups is 2. The van der Waals surface area contributed by atoms with Crippen molar-refractivity contribution in [3.63, 3.8) is 0 Å². The second-order valence-electron chi connectivity index (χ2n) is 29.6. The maximum absolute atomic E-state index is 15.4. The minimum Gasteiger partial charge on any atom is -0.394 e. The van der Waals surface area contributed by atoms with Crippen LogP contribution in [-0.4, -0.2) is 252 Å². The molecule has 0 aliphatic carbocycles. The molecule has 41 nitrogen and oxygen atoms in total. The fourth-order valence-corrected chi connectivity index (χ4v) is 14.3. The molecule has 658 valence electrons. The van der Waals surface area contributed by atoms with Crippen LogP contribution in [0.25, 0.3) is 10.8 Å². The van der Waals surface area contributed by atoms with Crippen molar-refractivity contribution in [2.24, 2.45) is 30.2 Å². The van der Waals surface area contributed by atoms with Crippen LogP contribution in [0.2, 0.25) is 0 Å². The minimum atomic E-state index is -1.83. The number of amides is 14. The second kappa shape index (κ2) is 47.9. The first-order valence-electron chi connectivity index (χ1n) is 39.9. The van der Waals surface area contributed by atoms with E-state index >= 15 is 38.4 Å². The number of aromatic nitrogens is 6. The van der Waals surface area contributed by atoms with Gasteiger partial charge in [-0.2, -0.15) is 0 Å². The first-order chi connectivity index (χ1) is 59.0. The third-order valence-corrected chi connectivity index (χ3v) is 21.3. The van der Waals surface area contributed by atoms with E-state index in [0.717, 1.165) is 22.0 Å². The van der Waals surface area contributed by atoms with Crippen molar-refractivity contribution in [3.8, 4) is 0 Å². The van der Waals surface area contributed by atoms with E-state index in [1.165, 1.54) is 44.6 Å². The first kappa shape index (κ1) is 94.7. The number of carbonyl (C=O) groups excluding carboxylic acids is 14. The molecule has 7 aromatic rings. The standard InChI is InChI=1S/C81H108N26O15S/c1-5-46(2)68-78(121)103-58(31-50-23-14-22-49-21-12-13-24-54(49)50)72(115)100-59(32-51-35-87-43-94-51)69(112)93-39-66(110)97-62(40-108)76(119)99-56(26-16-28-91-81(85)86)79(122)107(4)64(30-48-19-10-7-11-20-48)77(120)102-60(33-52-36-88-44-95-52)73(116)98-55(25-15-27-90-80(83)84)71(114)101-61(34-53-37-89-45-106(53)3)74(117)104-63(70(113)92-38-65(82)109)41-123-42-67(111)96-57(75(118)105-68)29-47-17-8-6-9-18-47/h6-14,17-24,35-37,43-46,55-64,68,108H,5,15-16,25-34,38-42H2,1-4H3,(H2,82,109)(H,87,94)(H,88,95)(H,92,113)(H,93,112)(H,96,111)(H,97,110)(H,98,116)(H,99,119)(H,100,115)(H,101,114)(H,102,120)(H,103,121)(H,104,117)(H,105,118)(H4,83,84,90)(H4,85,86,91)/t46-,55-,56-,57-,58-,59-,60-,61-,62-,63-,64-,68-/m1/s1. The molecule has 0 saturated carbocycles. The largest absolute Gasteiger partial charge is 0.394 e. The number of H-pyrrole nitrogens is 2. The van der Waals surface area contributed by atoms with Crippen LogP contribution in [0.1, 0.15) is 79.7 Å². The van der Waals surface area contributed by atoms with Gasteiger partial charge in [-0.25, -0.2) is 15.0 Å². The van der Waals surface area contributed by atoms with Gasteiger partial charge in [-0.1, -0.05) is 123 Å². The Bertz CT molecular complexity index is 4790. The number of imidazole rings is 3. The molecule has 25 N–H and O–H groups in total. The van der Waals surface area contributed by atoms with Gasteiger partial charge in [0.25, 0.3) is 0 Å². The molecule has 123 heavy (non-hydrogen) atoms. The number of aliphatic hydroxyl groups excluding tert-OH is 1. The van der Waals surface area contributed by atoms with Crippen LogP contribution >= 0.6 is 11.8 Å². The molecule has 1 fully saturated rings. The molecular formula is C81H108N26O15S. The van der Waals surface area contributed by atoms with E-state index in [9.17, 15) is 33.9 Å². The number of aliphatic hydroxyl groups is 1. The maximum atomic E-state index is 15.4. The summed E-state index contributed by atoms with van der Waals surface area (Å²) < 4.78 is 1.54. The molecule has 0 spiro atoms. The van der Waals surface area contributed by atoms with E-state index in [-0.39, 0.29) is 83.7 Å². The summed E-state index contributed by atoms with van der Waals surface area (Å²) in [6, 6.07) is 12.3. The molecule has 3 aromatic heterocycles. The molecule has 4 aromatic carbocycles. The van der Waals surface area contributed by atoms with Crippen molar-refractivity contribution >= 4 is 117 Å². The molecule has 1 saturated heterocycles. The topological polar surface area (TPSA) is 632 Å². The van der Waals surface area contributed by atoms with Crippen LogP contribution in [0.4, 0.5) is 0 Å². The van der Waals surface area contributed by atoms with Crippen molar-refractivity contribution in [2.45, 2.75) is 151 Å². The molecule has 42 heteroatoms. The third kappa shape index (κ3) is 30.1. The van der Waals surface area contributed by atoms with Crippen molar-refractivity contribution < 1.29 is 72.2 Å². The Morgan fingerprint density at radius 1 is 0.528 bits per heavy atom. The number of fused-ring (bicyclic) bond motifs is 1. The zero-order valence-electron chi connectivity index (χ0n) is 68.5. The number of hydrogen-bond donors (Lipinski definition) is 22. The normalized spacial score (nSPS) is 21.9. The highest BCUT2D eigenvalue weighted by Gasteiger charge is 2.40. The fraction of sp³-hybridized carbons (Fsp3) is 0.420. The Morgan fingerprint density at radius 2 is 1.03 bits per heavy atom. The molecule has 0 unspecified atom stereocenters. The molecule has 14 amide bonds. The van der Waals surface area contributed by atoms with Crippen LogP contribution in [0.15, 0.2) is 141 Å². The van der Waals surface area contributed by atoms with Gasteiger partial charge < -0.3 is 116 Å². The first-order valence-corrected chi connectivity index (χ1v) is 41.0. The van der Waals surface area contributed by atoms with Crippen molar-refractivity contribution in [1.29, 1.82) is 10.8 Å². The van der Waals surface area contributed by atoms with Gasteiger partial charge in [0.1, 0.15) is 66.5 Å². The number of carbonyl (C=O) groups is 14. The summed E-state index contributed by atoms with van der Waals surface area (Å²) in [5.41, 5.74) is 19.3. The van der Waals surface area contributed by atoms with Gasteiger partial charge in [-0.15, -0.1) is 11.8 Å². The molecule has 0 radical (unpaired) electrons. The number of primary amides is 1. The van der Waals surface area contributed by atoms with E-state index in [2.05, 4.69) is 99.4 Å². The summed E-state index contributed by atoms with van der Waals surface area (Å²) in [6.07, 6.45) is 6.55. The Labute approximate surface area is 712 Å². The predicted octanol–water partition coefficient (Wildman–Crippen LogP) is -4.52. The Morgan fingerprint density at radius 3 is 1.62 bits per heavy atom. The average Bonchev–Trinajstić information content (AvgIpc) is 1.52. The number of nitrogens with one attached hydrogen (secondary N) is 18. The minimum absolute atomic E-state index is 0.0163. The third-order valence-electron chi connectivity index (χ3n) is 20.3. The SMILES string of the molecule is CC[C@@H](C)[C@H]1NC(=O)[C@@H](Cc2ccccc2)NC(=O)CSC[C@H](C(=O)NCC(N)=O)NC(=O)[C@@H](Cc2cncn2C)NC(=O)[C@@H](CCCNC(=N)N)NC(=O)[C@@H](Cc2cnc[nH]2)NC(=O)[C@@H](Cc2ccccc2)N(C)C(=O)[C@@H](CCCNC(=N)N)NC(=O)[C@@H](CO)NC(=O)CNC(=O)[C@@H](Cc2cnc[nH]2)NC(=O)[C@@H](Cc2cccc3ccccc23)NC1=O. The highest BCUT2D eigenvalue weighted by molar-refractivity contribution is 8.00. The number of benzene rings is 4.